The lowest BCUT2D eigenvalue weighted by Crippen LogP contribution is -2.27. The molecule has 0 amide bonds. The van der Waals surface area contributed by atoms with Gasteiger partial charge in [-0.1, -0.05) is 0 Å². The van der Waals surface area contributed by atoms with Crippen LogP contribution in [0.1, 0.15) is 27.2 Å². The van der Waals surface area contributed by atoms with E-state index in [2.05, 4.69) is 24.1 Å². The molecule has 0 bridgehead atoms. The van der Waals surface area contributed by atoms with Crippen molar-refractivity contribution >= 4 is 0 Å². The zero-order chi connectivity index (χ0) is 9.23. The van der Waals surface area contributed by atoms with Crippen LogP contribution >= 0.6 is 0 Å². The average Bonchev–Trinajstić information content (AvgIpc) is 2.05. The van der Waals surface area contributed by atoms with Crippen LogP contribution in [0.5, 0.6) is 0 Å². The molecule has 0 saturated heterocycles. The summed E-state index contributed by atoms with van der Waals surface area (Å²) in [5.74, 6) is 5.86. The van der Waals surface area contributed by atoms with Gasteiger partial charge >= 0.3 is 0 Å². The van der Waals surface area contributed by atoms with Gasteiger partial charge in [0.15, 0.2) is 0 Å². The fourth-order valence-electron chi connectivity index (χ4n) is 0.925. The second kappa shape index (κ2) is 8.58. The molecular weight excluding hydrogens is 150 g/mol. The Balaban J connectivity index is 3.11. The molecule has 2 heteroatoms. The highest BCUT2D eigenvalue weighted by Crippen LogP contribution is 1.86. The highest BCUT2D eigenvalue weighted by Gasteiger charge is 1.97. The second-order valence-electron chi connectivity index (χ2n) is 2.65. The molecule has 0 radical (unpaired) electrons. The second-order valence-corrected chi connectivity index (χ2v) is 2.65. The first kappa shape index (κ1) is 11.5. The van der Waals surface area contributed by atoms with E-state index in [1.807, 2.05) is 13.8 Å². The number of ether oxygens (including phenoxy) is 1. The van der Waals surface area contributed by atoms with Gasteiger partial charge in [-0.3, -0.25) is 0 Å². The molecule has 0 fully saturated rings. The number of nitrogens with one attached hydrogen (secondary N) is 1. The fourth-order valence-corrected chi connectivity index (χ4v) is 0.925. The van der Waals surface area contributed by atoms with Crippen LogP contribution in [0.3, 0.4) is 0 Å². The van der Waals surface area contributed by atoms with Gasteiger partial charge in [0.1, 0.15) is 0 Å². The summed E-state index contributed by atoms with van der Waals surface area (Å²) in [7, 11) is 0. The molecule has 0 spiro atoms. The van der Waals surface area contributed by atoms with Crippen molar-refractivity contribution in [3.63, 3.8) is 0 Å². The van der Waals surface area contributed by atoms with E-state index < -0.39 is 0 Å². The van der Waals surface area contributed by atoms with Crippen molar-refractivity contribution in [3.05, 3.63) is 0 Å². The van der Waals surface area contributed by atoms with Crippen LogP contribution in [-0.2, 0) is 4.74 Å². The summed E-state index contributed by atoms with van der Waals surface area (Å²) in [5, 5.41) is 3.28. The highest BCUT2D eigenvalue weighted by atomic mass is 16.5. The minimum absolute atomic E-state index is 0.310. The standard InChI is InChI=1S/C10H19NO/c1-4-6-7-8-11-9-10(3)12-5-2/h10-11H,5,7-9H2,1-3H3. The Labute approximate surface area is 75.7 Å². The summed E-state index contributed by atoms with van der Waals surface area (Å²) in [6.07, 6.45) is 1.24. The SMILES string of the molecule is CC#CCCNCC(C)OCC. The van der Waals surface area contributed by atoms with Crippen molar-refractivity contribution in [3.8, 4) is 11.8 Å². The predicted octanol–water partition coefficient (Wildman–Crippen LogP) is 1.41. The Morgan fingerprint density at radius 2 is 2.25 bits per heavy atom. The van der Waals surface area contributed by atoms with E-state index in [9.17, 15) is 0 Å². The lowest BCUT2D eigenvalue weighted by atomic mass is 10.3. The molecule has 0 aliphatic heterocycles. The first-order valence-electron chi connectivity index (χ1n) is 4.53. The number of hydrogen-bond acceptors (Lipinski definition) is 2. The van der Waals surface area contributed by atoms with Crippen molar-refractivity contribution in [2.45, 2.75) is 33.3 Å². The van der Waals surface area contributed by atoms with Gasteiger partial charge in [-0.15, -0.1) is 11.8 Å². The van der Waals surface area contributed by atoms with Crippen molar-refractivity contribution in [2.75, 3.05) is 19.7 Å². The molecule has 0 saturated carbocycles. The molecule has 1 unspecified atom stereocenters. The van der Waals surface area contributed by atoms with Crippen LogP contribution in [0.15, 0.2) is 0 Å². The normalized spacial score (nSPS) is 11.9. The van der Waals surface area contributed by atoms with Gasteiger partial charge in [0, 0.05) is 26.1 Å². The molecule has 0 aromatic rings. The molecule has 0 aromatic carbocycles. The van der Waals surface area contributed by atoms with E-state index in [1.54, 1.807) is 0 Å². The monoisotopic (exact) mass is 169 g/mol. The minimum atomic E-state index is 0.310. The van der Waals surface area contributed by atoms with Gasteiger partial charge in [0.05, 0.1) is 6.10 Å². The molecule has 0 heterocycles. The maximum Gasteiger partial charge on any atom is 0.0671 e. The van der Waals surface area contributed by atoms with Crippen LogP contribution < -0.4 is 5.32 Å². The van der Waals surface area contributed by atoms with E-state index in [-0.39, 0.29) is 0 Å². The van der Waals surface area contributed by atoms with Crippen LogP contribution in [0, 0.1) is 11.8 Å². The minimum Gasteiger partial charge on any atom is -0.377 e. The third-order valence-corrected chi connectivity index (χ3v) is 1.49. The molecule has 1 N–H and O–H groups in total. The topological polar surface area (TPSA) is 21.3 Å². The summed E-state index contributed by atoms with van der Waals surface area (Å²) < 4.78 is 5.35. The Bertz CT molecular complexity index is 146. The summed E-state index contributed by atoms with van der Waals surface area (Å²) in [6.45, 7) is 8.61. The molecule has 0 rings (SSSR count). The van der Waals surface area contributed by atoms with E-state index in [4.69, 9.17) is 4.74 Å². The Morgan fingerprint density at radius 3 is 2.83 bits per heavy atom. The molecule has 0 aliphatic carbocycles. The third-order valence-electron chi connectivity index (χ3n) is 1.49. The van der Waals surface area contributed by atoms with Gasteiger partial charge in [0.2, 0.25) is 0 Å². The summed E-state index contributed by atoms with van der Waals surface area (Å²) in [4.78, 5) is 0. The van der Waals surface area contributed by atoms with Crippen molar-refractivity contribution in [1.82, 2.24) is 5.32 Å². The van der Waals surface area contributed by atoms with Crippen LogP contribution in [0.25, 0.3) is 0 Å². The largest absolute Gasteiger partial charge is 0.377 e. The van der Waals surface area contributed by atoms with E-state index >= 15 is 0 Å². The number of rotatable bonds is 6. The zero-order valence-electron chi connectivity index (χ0n) is 8.31. The van der Waals surface area contributed by atoms with Crippen LogP contribution in [0.2, 0.25) is 0 Å². The van der Waals surface area contributed by atoms with Gasteiger partial charge in [-0.25, -0.2) is 0 Å². The summed E-state index contributed by atoms with van der Waals surface area (Å²) >= 11 is 0. The van der Waals surface area contributed by atoms with Gasteiger partial charge in [0.25, 0.3) is 0 Å². The first-order valence-corrected chi connectivity index (χ1v) is 4.53. The van der Waals surface area contributed by atoms with E-state index in [0.717, 1.165) is 26.1 Å². The molecule has 2 nitrogen and oxygen atoms in total. The smallest absolute Gasteiger partial charge is 0.0671 e. The lowest BCUT2D eigenvalue weighted by Gasteiger charge is -2.11. The van der Waals surface area contributed by atoms with Gasteiger partial charge in [-0.2, -0.15) is 0 Å². The first-order chi connectivity index (χ1) is 5.81. The van der Waals surface area contributed by atoms with Crippen LogP contribution in [0.4, 0.5) is 0 Å². The maximum absolute atomic E-state index is 5.35. The van der Waals surface area contributed by atoms with E-state index in [0.29, 0.717) is 6.10 Å². The third kappa shape index (κ3) is 7.59. The molecule has 1 atom stereocenters. The zero-order valence-corrected chi connectivity index (χ0v) is 8.31. The Morgan fingerprint density at radius 1 is 1.50 bits per heavy atom. The highest BCUT2D eigenvalue weighted by molar-refractivity contribution is 4.95. The van der Waals surface area contributed by atoms with Crippen molar-refractivity contribution in [1.29, 1.82) is 0 Å². The maximum atomic E-state index is 5.35. The quantitative estimate of drug-likeness (QED) is 0.479. The van der Waals surface area contributed by atoms with Gasteiger partial charge in [-0.05, 0) is 20.8 Å². The van der Waals surface area contributed by atoms with Crippen molar-refractivity contribution < 1.29 is 4.74 Å². The van der Waals surface area contributed by atoms with E-state index in [1.165, 1.54) is 0 Å². The Hall–Kier alpha value is -0.520. The van der Waals surface area contributed by atoms with Crippen LogP contribution in [-0.4, -0.2) is 25.8 Å². The molecular formula is C10H19NO. The summed E-state index contributed by atoms with van der Waals surface area (Å²) in [5.41, 5.74) is 0. The predicted molar refractivity (Wildman–Crippen MR) is 52.0 cm³/mol. The molecule has 0 aromatic heterocycles. The average molecular weight is 169 g/mol. The Kier molecular flexibility index (Phi) is 8.20. The fraction of sp³-hybridized carbons (Fsp3) is 0.800. The number of hydrogen-bond donors (Lipinski definition) is 1. The van der Waals surface area contributed by atoms with Crippen molar-refractivity contribution in [2.24, 2.45) is 0 Å². The van der Waals surface area contributed by atoms with Gasteiger partial charge < -0.3 is 10.1 Å². The molecule has 12 heavy (non-hydrogen) atoms. The molecule has 0 aliphatic rings. The lowest BCUT2D eigenvalue weighted by molar-refractivity contribution is 0.0764. The summed E-state index contributed by atoms with van der Waals surface area (Å²) in [6, 6.07) is 0. The molecule has 70 valence electrons.